The molecule has 0 unspecified atom stereocenters. The summed E-state index contributed by atoms with van der Waals surface area (Å²) in [6, 6.07) is 45.0. The standard InChI is InChI=1S/C45H38N5.Pt/c1-29-30(2)49-27-33(25-37(43(49)47-29)40-26-31(22-23-46-40)44(3,4)5)45(38-18-9-7-16-35(38)36-17-8-10-19-39(36)45)32-14-13-15-34(24-32)50-28-48(6)41-20-11-12-21-42(41)50;/h7-23,26-28H,1-6H3;/q-3;. The van der Waals surface area contributed by atoms with Gasteiger partial charge in [0.1, 0.15) is 0 Å². The van der Waals surface area contributed by atoms with Crippen molar-refractivity contribution in [1.29, 1.82) is 0 Å². The Bertz CT molecular complexity index is 2420. The van der Waals surface area contributed by atoms with Crippen molar-refractivity contribution in [2.45, 2.75) is 45.4 Å². The topological polar surface area (TPSA) is 36.7 Å². The van der Waals surface area contributed by atoms with Crippen LogP contribution >= 0.6 is 0 Å². The Kier molecular flexibility index (Phi) is 7.85. The molecule has 0 radical (unpaired) electrons. The third-order valence-corrected chi connectivity index (χ3v) is 10.6. The first-order chi connectivity index (χ1) is 24.2. The maximum atomic E-state index is 5.10. The van der Waals surface area contributed by atoms with E-state index in [1.54, 1.807) is 0 Å². The predicted octanol–water partition coefficient (Wildman–Crippen LogP) is 9.98. The van der Waals surface area contributed by atoms with Crippen molar-refractivity contribution >= 4 is 22.7 Å². The van der Waals surface area contributed by atoms with Gasteiger partial charge in [0.05, 0.1) is 5.65 Å². The molecule has 0 amide bonds. The molecule has 7 aromatic rings. The average Bonchev–Trinajstić information content (AvgIpc) is 3.74. The minimum atomic E-state index is -0.719. The van der Waals surface area contributed by atoms with E-state index in [1.165, 1.54) is 27.8 Å². The first-order valence-electron chi connectivity index (χ1n) is 17.2. The molecular formula is C45H38N5Pt-3. The molecule has 3 aromatic heterocycles. The van der Waals surface area contributed by atoms with Crippen molar-refractivity contribution in [2.75, 3.05) is 16.8 Å². The molecule has 51 heavy (non-hydrogen) atoms. The van der Waals surface area contributed by atoms with Gasteiger partial charge < -0.3 is 19.2 Å². The van der Waals surface area contributed by atoms with Crippen LogP contribution in [0.3, 0.4) is 0 Å². The number of imidazole rings is 1. The Balaban J connectivity index is 0.00000374. The molecule has 0 bridgehead atoms. The van der Waals surface area contributed by atoms with Crippen molar-refractivity contribution in [3.8, 4) is 22.4 Å². The number of rotatable bonds is 4. The van der Waals surface area contributed by atoms with Crippen molar-refractivity contribution < 1.29 is 21.1 Å². The molecule has 0 atom stereocenters. The Morgan fingerprint density at radius 3 is 2.12 bits per heavy atom. The Labute approximate surface area is 314 Å². The van der Waals surface area contributed by atoms with Crippen LogP contribution < -0.4 is 9.80 Å². The summed E-state index contributed by atoms with van der Waals surface area (Å²) in [5.41, 5.74) is 15.4. The van der Waals surface area contributed by atoms with E-state index in [0.717, 1.165) is 56.5 Å². The molecule has 0 saturated heterocycles. The van der Waals surface area contributed by atoms with E-state index in [4.69, 9.17) is 9.97 Å². The number of anilines is 3. The molecule has 9 rings (SSSR count). The Morgan fingerprint density at radius 1 is 0.745 bits per heavy atom. The van der Waals surface area contributed by atoms with Gasteiger partial charge in [-0.3, -0.25) is 4.98 Å². The van der Waals surface area contributed by atoms with Crippen LogP contribution in [0.25, 0.3) is 28.0 Å². The SMILES string of the molecule is Cc1nc2c(-c3cc(C(C)(C)C)ccn3)[c-]c(C3(c4[c-]c(N5[CH-]N(C)c6ccccc65)ccc4)c4ccccc4-c4ccccc43)cn2c1C.[Pt]. The third-order valence-electron chi connectivity index (χ3n) is 10.6. The molecule has 4 heterocycles. The molecule has 0 spiro atoms. The van der Waals surface area contributed by atoms with Gasteiger partial charge in [-0.1, -0.05) is 105 Å². The van der Waals surface area contributed by atoms with Crippen LogP contribution in [0.15, 0.2) is 116 Å². The fourth-order valence-corrected chi connectivity index (χ4v) is 7.95. The Morgan fingerprint density at radius 2 is 1.41 bits per heavy atom. The number of aromatic nitrogens is 3. The monoisotopic (exact) mass is 843 g/mol. The molecule has 5 nitrogen and oxygen atoms in total. The first-order valence-corrected chi connectivity index (χ1v) is 17.2. The smallest absolute Gasteiger partial charge is 0.0540 e. The van der Waals surface area contributed by atoms with Gasteiger partial charge in [-0.15, -0.1) is 17.3 Å². The van der Waals surface area contributed by atoms with Gasteiger partial charge >= 0.3 is 0 Å². The third kappa shape index (κ3) is 4.93. The summed E-state index contributed by atoms with van der Waals surface area (Å²) in [5, 5.41) is 0. The summed E-state index contributed by atoms with van der Waals surface area (Å²) in [6.07, 6.45) is 4.18. The van der Waals surface area contributed by atoms with E-state index >= 15 is 0 Å². The number of benzene rings is 4. The summed E-state index contributed by atoms with van der Waals surface area (Å²) in [6.45, 7) is 13.1. The normalized spacial score (nSPS) is 14.3. The van der Waals surface area contributed by atoms with E-state index in [9.17, 15) is 0 Å². The van der Waals surface area contributed by atoms with Crippen LogP contribution in [-0.2, 0) is 31.9 Å². The molecule has 0 N–H and O–H groups in total. The zero-order valence-electron chi connectivity index (χ0n) is 29.6. The quantitative estimate of drug-likeness (QED) is 0.166. The Hall–Kier alpha value is -4.99. The van der Waals surface area contributed by atoms with Crippen molar-refractivity contribution in [3.63, 3.8) is 0 Å². The molecule has 0 saturated carbocycles. The van der Waals surface area contributed by atoms with E-state index in [0.29, 0.717) is 0 Å². The number of pyridine rings is 2. The predicted molar refractivity (Wildman–Crippen MR) is 203 cm³/mol. The molecule has 6 heteroatoms. The summed E-state index contributed by atoms with van der Waals surface area (Å²) in [5.74, 6) is 0. The van der Waals surface area contributed by atoms with Gasteiger partial charge in [0.2, 0.25) is 0 Å². The molecule has 0 fully saturated rings. The van der Waals surface area contributed by atoms with Gasteiger partial charge in [0, 0.05) is 55.4 Å². The average molecular weight is 844 g/mol. The summed E-state index contributed by atoms with van der Waals surface area (Å²) >= 11 is 0. The fourth-order valence-electron chi connectivity index (χ4n) is 7.95. The zero-order chi connectivity index (χ0) is 34.4. The zero-order valence-corrected chi connectivity index (χ0v) is 31.9. The van der Waals surface area contributed by atoms with E-state index < -0.39 is 5.41 Å². The van der Waals surface area contributed by atoms with Crippen LogP contribution in [0.5, 0.6) is 0 Å². The van der Waals surface area contributed by atoms with Crippen molar-refractivity contribution in [3.05, 3.63) is 174 Å². The minimum absolute atomic E-state index is 0. The summed E-state index contributed by atoms with van der Waals surface area (Å²) in [7, 11) is 2.09. The fraction of sp³-hybridized carbons (Fsp3) is 0.178. The number of para-hydroxylation sites is 2. The first kappa shape index (κ1) is 33.2. The van der Waals surface area contributed by atoms with Crippen LogP contribution in [0.2, 0.25) is 0 Å². The van der Waals surface area contributed by atoms with Crippen LogP contribution in [0.4, 0.5) is 17.1 Å². The van der Waals surface area contributed by atoms with E-state index in [2.05, 4.69) is 184 Å². The largest absolute Gasteiger partial charge is 0.504 e. The summed E-state index contributed by atoms with van der Waals surface area (Å²) < 4.78 is 2.25. The van der Waals surface area contributed by atoms with Gasteiger partial charge in [0.25, 0.3) is 0 Å². The number of aryl methyl sites for hydroxylation is 2. The van der Waals surface area contributed by atoms with E-state index in [1.807, 2.05) is 6.20 Å². The van der Waals surface area contributed by atoms with Gasteiger partial charge in [-0.25, -0.2) is 0 Å². The molecular weight excluding hydrogens is 806 g/mol. The number of fused-ring (bicyclic) bond motifs is 5. The molecule has 1 aliphatic heterocycles. The minimum Gasteiger partial charge on any atom is -0.504 e. The van der Waals surface area contributed by atoms with Crippen LogP contribution in [0, 0.1) is 32.6 Å². The molecule has 2 aliphatic rings. The second-order valence-electron chi connectivity index (χ2n) is 14.6. The molecule has 1 aliphatic carbocycles. The maximum Gasteiger partial charge on any atom is 0.0540 e. The van der Waals surface area contributed by atoms with Crippen LogP contribution in [-0.4, -0.2) is 21.4 Å². The second-order valence-corrected chi connectivity index (χ2v) is 14.6. The van der Waals surface area contributed by atoms with Gasteiger partial charge in [-0.05, 0) is 78.0 Å². The van der Waals surface area contributed by atoms with Gasteiger partial charge in [-0.2, -0.15) is 30.9 Å². The van der Waals surface area contributed by atoms with Crippen LogP contribution in [0.1, 0.15) is 60.0 Å². The number of hydrogen-bond acceptors (Lipinski definition) is 4. The second kappa shape index (κ2) is 12.1. The van der Waals surface area contributed by atoms with E-state index in [-0.39, 0.29) is 26.5 Å². The molecule has 256 valence electrons. The maximum absolute atomic E-state index is 5.10. The summed E-state index contributed by atoms with van der Waals surface area (Å²) in [4.78, 5) is 14.5. The van der Waals surface area contributed by atoms with Crippen molar-refractivity contribution in [2.24, 2.45) is 0 Å². The van der Waals surface area contributed by atoms with Crippen molar-refractivity contribution in [1.82, 2.24) is 14.4 Å². The van der Waals surface area contributed by atoms with Gasteiger partial charge in [0.15, 0.2) is 0 Å². The number of nitrogens with zero attached hydrogens (tertiary/aromatic N) is 5. The number of hydrogen-bond donors (Lipinski definition) is 0. The molecule has 4 aromatic carbocycles.